The van der Waals surface area contributed by atoms with E-state index in [9.17, 15) is 29.1 Å². The highest BCUT2D eigenvalue weighted by molar-refractivity contribution is 6.10. The number of Topliss-reactive ketones (excluding diaryl/α,β-unsaturated/α-hetero) is 3. The third kappa shape index (κ3) is 9.44. The quantitative estimate of drug-likeness (QED) is 0.136. The number of hydrogen-bond acceptors (Lipinski definition) is 12. The molecule has 3 saturated heterocycles. The summed E-state index contributed by atoms with van der Waals surface area (Å²) in [7, 11) is 5.27. The topological polar surface area (TPSA) is 167 Å². The highest BCUT2D eigenvalue weighted by Crippen LogP contribution is 2.43. The Morgan fingerprint density at radius 2 is 1.70 bits per heavy atom. The number of methoxy groups -OCH3 is 1. The molecule has 1 aromatic rings. The second-order valence-corrected chi connectivity index (χ2v) is 16.8. The molecule has 0 spiro atoms. The van der Waals surface area contributed by atoms with Crippen LogP contribution in [0.3, 0.4) is 0 Å². The third-order valence-electron chi connectivity index (χ3n) is 12.5. The van der Waals surface area contributed by atoms with Crippen molar-refractivity contribution in [2.75, 3.05) is 21.2 Å². The number of allylic oxidation sites excluding steroid dienone is 1. The summed E-state index contributed by atoms with van der Waals surface area (Å²) >= 11 is 0. The molecule has 3 fully saturated rings. The maximum atomic E-state index is 14.4. The number of benzene rings is 1. The standard InChI is InChI=1S/C43H64N2O11/c1-13-33-43(9)37(44-41(51)56-43)25(4)30(19-20-31(28(7)46)35(48)29-17-15-14-16-18-29)23(2)22-42(8,52-12)38(26(5)34(47)27(6)39(50)54-33)55-40-36(49)32(45(10)11)21-24(3)53-40/h14-19,23-27,31-33,36-38,40,49H,13,20-22H2,1-12H3,(H,44,51)/b30-19-/t23-,24-,25+,26+,27-,31?,32+,33-,36-,37+,38-,40?,42-,43-/m1/s1. The number of ether oxygens (including phenoxy) is 5. The van der Waals surface area contributed by atoms with Gasteiger partial charge in [-0.25, -0.2) is 4.79 Å². The van der Waals surface area contributed by atoms with E-state index in [1.807, 2.05) is 59.7 Å². The van der Waals surface area contributed by atoms with E-state index in [2.05, 4.69) is 5.32 Å². The minimum Gasteiger partial charge on any atom is -0.458 e. The van der Waals surface area contributed by atoms with Gasteiger partial charge in [0.05, 0.1) is 29.8 Å². The molecule has 4 rings (SSSR count). The van der Waals surface area contributed by atoms with Crippen molar-refractivity contribution in [2.45, 2.75) is 142 Å². The number of aliphatic hydroxyl groups excluding tert-OH is 1. The predicted molar refractivity (Wildman–Crippen MR) is 209 cm³/mol. The van der Waals surface area contributed by atoms with E-state index < -0.39 is 83.4 Å². The average Bonchev–Trinajstić information content (AvgIpc) is 3.47. The van der Waals surface area contributed by atoms with Gasteiger partial charge in [0.2, 0.25) is 0 Å². The number of amides is 1. The number of carbonyl (C=O) groups excluding carboxylic acids is 5. The molecule has 1 amide bonds. The largest absolute Gasteiger partial charge is 0.458 e. The number of nitrogens with one attached hydrogen (secondary N) is 1. The summed E-state index contributed by atoms with van der Waals surface area (Å²) in [5.41, 5.74) is -1.36. The van der Waals surface area contributed by atoms with Gasteiger partial charge in [-0.3, -0.25) is 19.2 Å². The van der Waals surface area contributed by atoms with E-state index in [1.165, 1.54) is 21.0 Å². The first kappa shape index (κ1) is 45.2. The van der Waals surface area contributed by atoms with E-state index in [0.29, 0.717) is 12.0 Å². The zero-order chi connectivity index (χ0) is 41.9. The summed E-state index contributed by atoms with van der Waals surface area (Å²) in [6.07, 6.45) is -2.02. The van der Waals surface area contributed by atoms with Gasteiger partial charge in [0.25, 0.3) is 0 Å². The van der Waals surface area contributed by atoms with Crippen molar-refractivity contribution in [3.63, 3.8) is 0 Å². The van der Waals surface area contributed by atoms with Gasteiger partial charge in [-0.05, 0) is 80.3 Å². The summed E-state index contributed by atoms with van der Waals surface area (Å²) in [6.45, 7) is 15.7. The van der Waals surface area contributed by atoms with Crippen molar-refractivity contribution in [3.05, 3.63) is 47.5 Å². The van der Waals surface area contributed by atoms with Gasteiger partial charge in [0, 0.05) is 30.6 Å². The minimum atomic E-state index is -1.34. The van der Waals surface area contributed by atoms with Gasteiger partial charge in [-0.2, -0.15) is 0 Å². The lowest BCUT2D eigenvalue weighted by Crippen LogP contribution is -2.59. The van der Waals surface area contributed by atoms with E-state index in [0.717, 1.165) is 5.57 Å². The van der Waals surface area contributed by atoms with Crippen molar-refractivity contribution >= 4 is 29.4 Å². The van der Waals surface area contributed by atoms with Gasteiger partial charge in [-0.15, -0.1) is 0 Å². The molecule has 0 aromatic heterocycles. The highest BCUT2D eigenvalue weighted by atomic mass is 16.7. The molecular formula is C43H64N2O11. The van der Waals surface area contributed by atoms with Crippen LogP contribution in [0.5, 0.6) is 0 Å². The lowest BCUT2D eigenvalue weighted by atomic mass is 9.71. The van der Waals surface area contributed by atoms with Crippen LogP contribution in [0.2, 0.25) is 0 Å². The maximum absolute atomic E-state index is 14.4. The Kier molecular flexibility index (Phi) is 14.9. The molecule has 312 valence electrons. The number of nitrogens with zero attached hydrogens (tertiary/aromatic N) is 1. The van der Waals surface area contributed by atoms with Crippen molar-refractivity contribution in [2.24, 2.45) is 29.6 Å². The molecule has 2 unspecified atom stereocenters. The van der Waals surface area contributed by atoms with Gasteiger partial charge in [0.15, 0.2) is 23.5 Å². The molecule has 1 aromatic carbocycles. The van der Waals surface area contributed by atoms with Crippen LogP contribution in [-0.4, -0.2) is 115 Å². The monoisotopic (exact) mass is 784 g/mol. The van der Waals surface area contributed by atoms with Crippen LogP contribution in [0.25, 0.3) is 0 Å². The molecule has 0 radical (unpaired) electrons. The average molecular weight is 785 g/mol. The molecule has 0 saturated carbocycles. The summed E-state index contributed by atoms with van der Waals surface area (Å²) in [4.78, 5) is 70.0. The number of likely N-dealkylation sites (N-methyl/N-ethyl adjacent to an activating group) is 1. The molecule has 13 nitrogen and oxygen atoms in total. The van der Waals surface area contributed by atoms with Gasteiger partial charge >= 0.3 is 12.1 Å². The number of fused-ring (bicyclic) bond motifs is 1. The number of aliphatic hydroxyl groups is 1. The van der Waals surface area contributed by atoms with E-state index in [4.69, 9.17) is 23.7 Å². The SMILES string of the molecule is CC[C@H]1OC(=O)[C@H](C)C(=O)[C@H](C)[C@@H](OC2O[C@H](C)C[C@H](N(C)C)[C@H]2O)[C@](C)(OC)C[C@@H](C)/C(=C/CC(C(C)=O)C(=O)c2ccccc2)[C@H](C)[C@@H]2NC(=O)O[C@]12C. The molecular weight excluding hydrogens is 720 g/mol. The number of hydrogen-bond donors (Lipinski definition) is 2. The fourth-order valence-corrected chi connectivity index (χ4v) is 9.13. The van der Waals surface area contributed by atoms with Crippen LogP contribution in [0.4, 0.5) is 4.79 Å². The first-order chi connectivity index (χ1) is 26.2. The number of ketones is 3. The molecule has 3 heterocycles. The molecule has 13 heteroatoms. The first-order valence-electron chi connectivity index (χ1n) is 19.9. The van der Waals surface area contributed by atoms with Crippen molar-refractivity contribution < 1.29 is 52.8 Å². The molecule has 3 aliphatic rings. The predicted octanol–water partition coefficient (Wildman–Crippen LogP) is 5.31. The fraction of sp³-hybridized carbons (Fsp3) is 0.698. The minimum absolute atomic E-state index is 0.0828. The first-order valence-corrected chi connectivity index (χ1v) is 19.9. The van der Waals surface area contributed by atoms with Gasteiger partial charge in [-0.1, -0.05) is 69.7 Å². The van der Waals surface area contributed by atoms with Crippen LogP contribution < -0.4 is 5.32 Å². The third-order valence-corrected chi connectivity index (χ3v) is 12.5. The summed E-state index contributed by atoms with van der Waals surface area (Å²) in [6, 6.07) is 7.66. The molecule has 2 N–H and O–H groups in total. The van der Waals surface area contributed by atoms with Crippen LogP contribution in [0.1, 0.15) is 98.4 Å². The van der Waals surface area contributed by atoms with E-state index >= 15 is 0 Å². The maximum Gasteiger partial charge on any atom is 0.408 e. The van der Waals surface area contributed by atoms with Gasteiger partial charge in [0.1, 0.15) is 23.9 Å². The van der Waals surface area contributed by atoms with Crippen molar-refractivity contribution in [1.82, 2.24) is 10.2 Å². The van der Waals surface area contributed by atoms with Crippen molar-refractivity contribution in [3.8, 4) is 0 Å². The fourth-order valence-electron chi connectivity index (χ4n) is 9.13. The number of cyclic esters (lactones) is 1. The highest BCUT2D eigenvalue weighted by Gasteiger charge is 2.56. The second kappa shape index (κ2) is 18.4. The van der Waals surface area contributed by atoms with Crippen LogP contribution in [-0.2, 0) is 38.1 Å². The number of carbonyl (C=O) groups is 5. The molecule has 0 bridgehead atoms. The van der Waals surface area contributed by atoms with Crippen LogP contribution in [0.15, 0.2) is 42.0 Å². The Labute approximate surface area is 332 Å². The summed E-state index contributed by atoms with van der Waals surface area (Å²) in [5.74, 6) is -5.80. The zero-order valence-corrected chi connectivity index (χ0v) is 35.2. The van der Waals surface area contributed by atoms with Crippen LogP contribution >= 0.6 is 0 Å². The lowest BCUT2D eigenvalue weighted by Gasteiger charge is -2.47. The molecule has 3 aliphatic heterocycles. The number of rotatable bonds is 10. The molecule has 0 aliphatic carbocycles. The van der Waals surface area contributed by atoms with E-state index in [-0.39, 0.29) is 48.9 Å². The molecule has 56 heavy (non-hydrogen) atoms. The Morgan fingerprint density at radius 3 is 2.27 bits per heavy atom. The Balaban J connectivity index is 1.88. The smallest absolute Gasteiger partial charge is 0.408 e. The lowest BCUT2D eigenvalue weighted by molar-refractivity contribution is -0.295. The van der Waals surface area contributed by atoms with Crippen molar-refractivity contribution in [1.29, 1.82) is 0 Å². The zero-order valence-electron chi connectivity index (χ0n) is 35.2. The number of alkyl carbamates (subject to hydrolysis) is 1. The Hall–Kier alpha value is -3.49. The Bertz CT molecular complexity index is 1620. The number of esters is 1. The molecule has 14 atom stereocenters. The van der Waals surface area contributed by atoms with Gasteiger partial charge < -0.3 is 39.0 Å². The Morgan fingerprint density at radius 1 is 1.05 bits per heavy atom. The normalized spacial score (nSPS) is 38.6. The second-order valence-electron chi connectivity index (χ2n) is 16.8. The summed E-state index contributed by atoms with van der Waals surface area (Å²) < 4.78 is 31.2. The summed E-state index contributed by atoms with van der Waals surface area (Å²) in [5, 5.41) is 14.5. The van der Waals surface area contributed by atoms with Crippen LogP contribution in [0, 0.1) is 29.6 Å². The van der Waals surface area contributed by atoms with E-state index in [1.54, 1.807) is 44.2 Å².